The van der Waals surface area contributed by atoms with E-state index in [1.807, 2.05) is 0 Å². The Morgan fingerprint density at radius 2 is 1.95 bits per heavy atom. The van der Waals surface area contributed by atoms with Crippen LogP contribution in [0, 0.1) is 0 Å². The number of aromatic hydroxyl groups is 1. The van der Waals surface area contributed by atoms with Crippen molar-refractivity contribution in [3.63, 3.8) is 0 Å². The van der Waals surface area contributed by atoms with Gasteiger partial charge in [-0.25, -0.2) is 4.79 Å². The first-order valence-corrected chi connectivity index (χ1v) is 5.99. The highest BCUT2D eigenvalue weighted by molar-refractivity contribution is 5.87. The number of hydrogen-bond acceptors (Lipinski definition) is 5. The molecule has 20 heavy (non-hydrogen) atoms. The van der Waals surface area contributed by atoms with Gasteiger partial charge in [-0.3, -0.25) is 4.79 Å². The summed E-state index contributed by atoms with van der Waals surface area (Å²) >= 11 is 0. The molecule has 0 aliphatic rings. The summed E-state index contributed by atoms with van der Waals surface area (Å²) < 4.78 is 4.71. The lowest BCUT2D eigenvalue weighted by atomic mass is 10.1. The quantitative estimate of drug-likeness (QED) is 0.533. The van der Waals surface area contributed by atoms with Crippen molar-refractivity contribution in [3.8, 4) is 5.75 Å². The standard InChI is InChI=1S/C13H18N2O5/c1-20-7-11(13(18)19)15-12(17)10(14)6-8-2-4-9(16)5-3-8/h2-5,10-11,16H,6-7,14H2,1H3,(H,15,17)(H,18,19)/t10-,11?/m0/s1. The molecule has 2 atom stereocenters. The molecule has 110 valence electrons. The minimum absolute atomic E-state index is 0.123. The maximum absolute atomic E-state index is 11.8. The number of carbonyl (C=O) groups is 2. The van der Waals surface area contributed by atoms with Crippen LogP contribution in [-0.2, 0) is 20.7 Å². The minimum atomic E-state index is -1.18. The highest BCUT2D eigenvalue weighted by Gasteiger charge is 2.23. The summed E-state index contributed by atoms with van der Waals surface area (Å²) in [5, 5.41) is 20.4. The van der Waals surface area contributed by atoms with E-state index in [-0.39, 0.29) is 18.8 Å². The fourth-order valence-electron chi connectivity index (χ4n) is 1.60. The van der Waals surface area contributed by atoms with Crippen LogP contribution >= 0.6 is 0 Å². The summed E-state index contributed by atoms with van der Waals surface area (Å²) in [6, 6.07) is 4.27. The van der Waals surface area contributed by atoms with Gasteiger partial charge < -0.3 is 26.0 Å². The number of rotatable bonds is 7. The molecule has 1 unspecified atom stereocenters. The number of methoxy groups -OCH3 is 1. The van der Waals surface area contributed by atoms with Crippen LogP contribution in [0.25, 0.3) is 0 Å². The zero-order valence-corrected chi connectivity index (χ0v) is 11.1. The Balaban J connectivity index is 2.57. The van der Waals surface area contributed by atoms with E-state index in [1.54, 1.807) is 12.1 Å². The molecule has 0 saturated carbocycles. The number of carboxylic acids is 1. The number of ether oxygens (including phenoxy) is 1. The number of phenols is 1. The number of carboxylic acid groups (broad SMARTS) is 1. The zero-order chi connectivity index (χ0) is 15.1. The monoisotopic (exact) mass is 282 g/mol. The Kier molecular flexibility index (Phi) is 5.95. The molecule has 1 rings (SSSR count). The lowest BCUT2D eigenvalue weighted by Crippen LogP contribution is -2.50. The molecule has 0 aromatic heterocycles. The van der Waals surface area contributed by atoms with Crippen LogP contribution in [0.1, 0.15) is 5.56 Å². The lowest BCUT2D eigenvalue weighted by molar-refractivity contribution is -0.143. The van der Waals surface area contributed by atoms with Gasteiger partial charge >= 0.3 is 5.97 Å². The van der Waals surface area contributed by atoms with E-state index in [9.17, 15) is 9.59 Å². The van der Waals surface area contributed by atoms with Crippen molar-refractivity contribution in [2.75, 3.05) is 13.7 Å². The van der Waals surface area contributed by atoms with Crippen LogP contribution in [0.3, 0.4) is 0 Å². The lowest BCUT2D eigenvalue weighted by Gasteiger charge is -2.17. The van der Waals surface area contributed by atoms with E-state index >= 15 is 0 Å². The molecule has 0 fully saturated rings. The molecule has 0 spiro atoms. The molecule has 1 aromatic rings. The number of nitrogens with one attached hydrogen (secondary N) is 1. The Labute approximate surface area is 116 Å². The molecule has 1 aromatic carbocycles. The van der Waals surface area contributed by atoms with Crippen molar-refractivity contribution in [1.82, 2.24) is 5.32 Å². The van der Waals surface area contributed by atoms with E-state index in [0.717, 1.165) is 5.56 Å². The van der Waals surface area contributed by atoms with Crippen LogP contribution in [-0.4, -0.2) is 47.9 Å². The molecular weight excluding hydrogens is 264 g/mol. The number of benzene rings is 1. The molecule has 0 heterocycles. The number of hydrogen-bond donors (Lipinski definition) is 4. The van der Waals surface area contributed by atoms with Gasteiger partial charge in [-0.2, -0.15) is 0 Å². The second-order valence-electron chi connectivity index (χ2n) is 4.33. The second-order valence-corrected chi connectivity index (χ2v) is 4.33. The molecule has 0 bridgehead atoms. The summed E-state index contributed by atoms with van der Waals surface area (Å²) in [6.07, 6.45) is 0.242. The molecule has 0 saturated heterocycles. The third kappa shape index (κ3) is 4.87. The van der Waals surface area contributed by atoms with Gasteiger partial charge in [0.15, 0.2) is 6.04 Å². The molecule has 5 N–H and O–H groups in total. The number of phenolic OH excluding ortho intramolecular Hbond substituents is 1. The third-order valence-corrected chi connectivity index (χ3v) is 2.68. The van der Waals surface area contributed by atoms with E-state index < -0.39 is 24.0 Å². The molecule has 0 aliphatic heterocycles. The molecule has 7 heteroatoms. The van der Waals surface area contributed by atoms with Gasteiger partial charge in [-0.15, -0.1) is 0 Å². The van der Waals surface area contributed by atoms with Crippen molar-refractivity contribution >= 4 is 11.9 Å². The normalized spacial score (nSPS) is 13.5. The smallest absolute Gasteiger partial charge is 0.328 e. The predicted molar refractivity (Wildman–Crippen MR) is 71.2 cm³/mol. The molecular formula is C13H18N2O5. The Morgan fingerprint density at radius 3 is 2.45 bits per heavy atom. The Hall–Kier alpha value is -2.12. The number of aliphatic carboxylic acids is 1. The van der Waals surface area contributed by atoms with Gasteiger partial charge in [0.25, 0.3) is 0 Å². The van der Waals surface area contributed by atoms with Crippen LogP contribution in [0.5, 0.6) is 5.75 Å². The summed E-state index contributed by atoms with van der Waals surface area (Å²) in [5.74, 6) is -1.63. The molecule has 7 nitrogen and oxygen atoms in total. The van der Waals surface area contributed by atoms with Gasteiger partial charge in [0.1, 0.15) is 5.75 Å². The zero-order valence-electron chi connectivity index (χ0n) is 11.1. The number of amides is 1. The maximum Gasteiger partial charge on any atom is 0.328 e. The number of carbonyl (C=O) groups excluding carboxylic acids is 1. The van der Waals surface area contributed by atoms with Crippen molar-refractivity contribution in [2.45, 2.75) is 18.5 Å². The minimum Gasteiger partial charge on any atom is -0.508 e. The first kappa shape index (κ1) is 15.9. The third-order valence-electron chi connectivity index (χ3n) is 2.68. The van der Waals surface area contributed by atoms with Crippen LogP contribution in [0.15, 0.2) is 24.3 Å². The van der Waals surface area contributed by atoms with E-state index in [4.69, 9.17) is 20.7 Å². The largest absolute Gasteiger partial charge is 0.508 e. The molecule has 0 aliphatic carbocycles. The van der Waals surface area contributed by atoms with Crippen molar-refractivity contribution in [1.29, 1.82) is 0 Å². The fourth-order valence-corrected chi connectivity index (χ4v) is 1.60. The van der Waals surface area contributed by atoms with Crippen LogP contribution in [0.4, 0.5) is 0 Å². The first-order valence-electron chi connectivity index (χ1n) is 5.99. The highest BCUT2D eigenvalue weighted by Crippen LogP contribution is 2.10. The second kappa shape index (κ2) is 7.46. The van der Waals surface area contributed by atoms with Gasteiger partial charge in [-0.1, -0.05) is 12.1 Å². The van der Waals surface area contributed by atoms with Gasteiger partial charge in [0.05, 0.1) is 12.6 Å². The highest BCUT2D eigenvalue weighted by atomic mass is 16.5. The summed E-state index contributed by atoms with van der Waals surface area (Å²) in [4.78, 5) is 22.7. The SMILES string of the molecule is COCC(NC(=O)[C@@H](N)Cc1ccc(O)cc1)C(=O)O. The van der Waals surface area contributed by atoms with Crippen molar-refractivity contribution < 1.29 is 24.5 Å². The van der Waals surface area contributed by atoms with E-state index in [2.05, 4.69) is 5.32 Å². The fraction of sp³-hybridized carbons (Fsp3) is 0.385. The summed E-state index contributed by atoms with van der Waals surface area (Å²) in [5.41, 5.74) is 6.49. The summed E-state index contributed by atoms with van der Waals surface area (Å²) in [7, 11) is 1.35. The van der Waals surface area contributed by atoms with Crippen LogP contribution in [0.2, 0.25) is 0 Å². The average molecular weight is 282 g/mol. The van der Waals surface area contributed by atoms with Crippen molar-refractivity contribution in [3.05, 3.63) is 29.8 Å². The Morgan fingerprint density at radius 1 is 1.35 bits per heavy atom. The maximum atomic E-state index is 11.8. The summed E-state index contributed by atoms with van der Waals surface area (Å²) in [6.45, 7) is -0.132. The van der Waals surface area contributed by atoms with E-state index in [1.165, 1.54) is 19.2 Å². The molecule has 1 amide bonds. The van der Waals surface area contributed by atoms with Crippen LogP contribution < -0.4 is 11.1 Å². The predicted octanol–water partition coefficient (Wildman–Crippen LogP) is -0.522. The first-order chi connectivity index (χ1) is 9.43. The molecule has 0 radical (unpaired) electrons. The van der Waals surface area contributed by atoms with Gasteiger partial charge in [0, 0.05) is 7.11 Å². The number of nitrogens with two attached hydrogens (primary N) is 1. The average Bonchev–Trinajstić information content (AvgIpc) is 2.40. The van der Waals surface area contributed by atoms with Gasteiger partial charge in [0.2, 0.25) is 5.91 Å². The van der Waals surface area contributed by atoms with E-state index in [0.29, 0.717) is 0 Å². The topological polar surface area (TPSA) is 122 Å². The van der Waals surface area contributed by atoms with Crippen molar-refractivity contribution in [2.24, 2.45) is 5.73 Å². The Bertz CT molecular complexity index is 460. The van der Waals surface area contributed by atoms with Gasteiger partial charge in [-0.05, 0) is 24.1 Å².